The molecule has 2 aromatic rings. The fourth-order valence-corrected chi connectivity index (χ4v) is 2.37. The number of thiophene rings is 1. The highest BCUT2D eigenvalue weighted by atomic mass is 35.5. The number of aromatic nitrogens is 2. The number of aliphatic hydroxyl groups is 1. The molecular weight excluding hydrogens is 234 g/mol. The number of anilines is 1. The Morgan fingerprint density at radius 2 is 2.33 bits per heavy atom. The molecule has 0 aliphatic carbocycles. The number of nitrogen functional groups attached to an aromatic ring is 1. The first-order valence-corrected chi connectivity index (χ1v) is 5.49. The van der Waals surface area contributed by atoms with Gasteiger partial charge >= 0.3 is 0 Å². The summed E-state index contributed by atoms with van der Waals surface area (Å²) < 4.78 is 2.17. The molecule has 0 fully saturated rings. The quantitative estimate of drug-likeness (QED) is 0.846. The van der Waals surface area contributed by atoms with Gasteiger partial charge in [-0.25, -0.2) is 0 Å². The van der Waals surface area contributed by atoms with Gasteiger partial charge in [-0.2, -0.15) is 5.10 Å². The van der Waals surface area contributed by atoms with Crippen LogP contribution in [0.1, 0.15) is 16.5 Å². The SMILES string of the molecule is Cn1ncc(C(O)c2ccc(Cl)s2)c1N. The van der Waals surface area contributed by atoms with Gasteiger partial charge in [-0.05, 0) is 12.1 Å². The van der Waals surface area contributed by atoms with Crippen molar-refractivity contribution in [2.24, 2.45) is 7.05 Å². The molecule has 0 radical (unpaired) electrons. The fraction of sp³-hybridized carbons (Fsp3) is 0.222. The smallest absolute Gasteiger partial charge is 0.127 e. The summed E-state index contributed by atoms with van der Waals surface area (Å²) in [6, 6.07) is 3.53. The molecule has 4 nitrogen and oxygen atoms in total. The maximum Gasteiger partial charge on any atom is 0.127 e. The van der Waals surface area contributed by atoms with Crippen molar-refractivity contribution in [2.45, 2.75) is 6.10 Å². The molecule has 1 atom stereocenters. The van der Waals surface area contributed by atoms with Gasteiger partial charge in [-0.1, -0.05) is 11.6 Å². The highest BCUT2D eigenvalue weighted by Crippen LogP contribution is 2.32. The average molecular weight is 244 g/mol. The van der Waals surface area contributed by atoms with Gasteiger partial charge in [0.25, 0.3) is 0 Å². The van der Waals surface area contributed by atoms with Crippen LogP contribution in [0.4, 0.5) is 5.82 Å². The van der Waals surface area contributed by atoms with Crippen LogP contribution < -0.4 is 5.73 Å². The molecule has 80 valence electrons. The van der Waals surface area contributed by atoms with Gasteiger partial charge in [-0.15, -0.1) is 11.3 Å². The molecule has 0 saturated heterocycles. The summed E-state index contributed by atoms with van der Waals surface area (Å²) in [6.45, 7) is 0. The fourth-order valence-electron chi connectivity index (χ4n) is 1.30. The van der Waals surface area contributed by atoms with E-state index in [-0.39, 0.29) is 0 Å². The Labute approximate surface area is 95.9 Å². The zero-order chi connectivity index (χ0) is 11.0. The van der Waals surface area contributed by atoms with Gasteiger partial charge in [0.1, 0.15) is 11.9 Å². The van der Waals surface area contributed by atoms with E-state index in [1.54, 1.807) is 25.4 Å². The number of aryl methyl sites for hydroxylation is 1. The van der Waals surface area contributed by atoms with E-state index in [1.807, 2.05) is 0 Å². The second-order valence-corrected chi connectivity index (χ2v) is 4.90. The van der Waals surface area contributed by atoms with Crippen LogP contribution in [0.3, 0.4) is 0 Å². The first-order valence-electron chi connectivity index (χ1n) is 4.30. The normalized spacial score (nSPS) is 13.0. The van der Waals surface area contributed by atoms with Crippen molar-refractivity contribution in [1.82, 2.24) is 9.78 Å². The third kappa shape index (κ3) is 1.86. The first kappa shape index (κ1) is 10.5. The number of aliphatic hydroxyl groups excluding tert-OH is 1. The van der Waals surface area contributed by atoms with Crippen molar-refractivity contribution in [1.29, 1.82) is 0 Å². The molecule has 0 amide bonds. The monoisotopic (exact) mass is 243 g/mol. The van der Waals surface area contributed by atoms with Gasteiger partial charge in [-0.3, -0.25) is 4.68 Å². The van der Waals surface area contributed by atoms with Crippen LogP contribution in [-0.2, 0) is 7.05 Å². The number of hydrogen-bond donors (Lipinski definition) is 2. The second kappa shape index (κ2) is 3.84. The summed E-state index contributed by atoms with van der Waals surface area (Å²) >= 11 is 7.12. The van der Waals surface area contributed by atoms with E-state index in [0.29, 0.717) is 15.7 Å². The Bertz CT molecular complexity index is 479. The van der Waals surface area contributed by atoms with Crippen LogP contribution in [0.5, 0.6) is 0 Å². The van der Waals surface area contributed by atoms with E-state index >= 15 is 0 Å². The molecule has 0 saturated carbocycles. The zero-order valence-electron chi connectivity index (χ0n) is 8.01. The summed E-state index contributed by atoms with van der Waals surface area (Å²) in [6.07, 6.45) is 0.810. The molecule has 0 bridgehead atoms. The van der Waals surface area contributed by atoms with E-state index in [0.717, 1.165) is 4.88 Å². The average Bonchev–Trinajstić information content (AvgIpc) is 2.75. The number of rotatable bonds is 2. The minimum Gasteiger partial charge on any atom is -0.384 e. The van der Waals surface area contributed by atoms with Crippen LogP contribution >= 0.6 is 22.9 Å². The lowest BCUT2D eigenvalue weighted by molar-refractivity contribution is 0.225. The maximum absolute atomic E-state index is 10.0. The first-order chi connectivity index (χ1) is 7.09. The van der Waals surface area contributed by atoms with E-state index in [2.05, 4.69) is 5.10 Å². The lowest BCUT2D eigenvalue weighted by Crippen LogP contribution is -2.03. The Balaban J connectivity index is 2.36. The van der Waals surface area contributed by atoms with Gasteiger partial charge < -0.3 is 10.8 Å². The van der Waals surface area contributed by atoms with Crippen LogP contribution in [-0.4, -0.2) is 14.9 Å². The minimum absolute atomic E-state index is 0.465. The summed E-state index contributed by atoms with van der Waals surface area (Å²) in [5.74, 6) is 0.465. The van der Waals surface area contributed by atoms with E-state index in [4.69, 9.17) is 17.3 Å². The molecule has 6 heteroatoms. The predicted octanol–water partition coefficient (Wildman–Crippen LogP) is 1.80. The summed E-state index contributed by atoms with van der Waals surface area (Å²) in [4.78, 5) is 0.764. The topological polar surface area (TPSA) is 64.1 Å². The summed E-state index contributed by atoms with van der Waals surface area (Å²) in [5.41, 5.74) is 6.37. The number of nitrogens with zero attached hydrogens (tertiary/aromatic N) is 2. The third-order valence-corrected chi connectivity index (χ3v) is 3.46. The Morgan fingerprint density at radius 3 is 2.80 bits per heavy atom. The zero-order valence-corrected chi connectivity index (χ0v) is 9.59. The molecule has 15 heavy (non-hydrogen) atoms. The molecule has 0 aliphatic rings. The van der Waals surface area contributed by atoms with E-state index in [1.165, 1.54) is 16.0 Å². The lowest BCUT2D eigenvalue weighted by Gasteiger charge is -2.07. The molecule has 3 N–H and O–H groups in total. The number of hydrogen-bond acceptors (Lipinski definition) is 4. The molecule has 2 aromatic heterocycles. The minimum atomic E-state index is -0.754. The Morgan fingerprint density at radius 1 is 1.60 bits per heavy atom. The van der Waals surface area contributed by atoms with E-state index < -0.39 is 6.10 Å². The lowest BCUT2D eigenvalue weighted by atomic mass is 10.1. The van der Waals surface area contributed by atoms with Crippen molar-refractivity contribution in [3.05, 3.63) is 33.1 Å². The van der Waals surface area contributed by atoms with Crippen molar-refractivity contribution in [3.8, 4) is 0 Å². The van der Waals surface area contributed by atoms with Gasteiger partial charge in [0.15, 0.2) is 0 Å². The third-order valence-electron chi connectivity index (χ3n) is 2.17. The highest BCUT2D eigenvalue weighted by Gasteiger charge is 2.18. The Hall–Kier alpha value is -1.04. The Kier molecular flexibility index (Phi) is 2.68. The molecule has 0 aromatic carbocycles. The predicted molar refractivity (Wildman–Crippen MR) is 61.0 cm³/mol. The molecule has 0 spiro atoms. The largest absolute Gasteiger partial charge is 0.384 e. The van der Waals surface area contributed by atoms with Crippen molar-refractivity contribution >= 4 is 28.8 Å². The van der Waals surface area contributed by atoms with Crippen LogP contribution in [0.15, 0.2) is 18.3 Å². The highest BCUT2D eigenvalue weighted by molar-refractivity contribution is 7.16. The van der Waals surface area contributed by atoms with Crippen LogP contribution in [0.25, 0.3) is 0 Å². The second-order valence-electron chi connectivity index (χ2n) is 3.15. The van der Waals surface area contributed by atoms with Gasteiger partial charge in [0, 0.05) is 17.5 Å². The van der Waals surface area contributed by atoms with E-state index in [9.17, 15) is 5.11 Å². The number of nitrogens with two attached hydrogens (primary N) is 1. The summed E-state index contributed by atoms with van der Waals surface area (Å²) in [7, 11) is 1.73. The molecule has 1 unspecified atom stereocenters. The number of halogens is 1. The molecule has 2 heterocycles. The molecular formula is C9H10ClN3OS. The summed E-state index contributed by atoms with van der Waals surface area (Å²) in [5, 5.41) is 14.0. The molecule has 0 aliphatic heterocycles. The standard InChI is InChI=1S/C9H10ClN3OS/c1-13-9(11)5(4-12-13)8(14)6-2-3-7(10)15-6/h2-4,8,14H,11H2,1H3. The van der Waals surface area contributed by atoms with Crippen molar-refractivity contribution in [2.75, 3.05) is 5.73 Å². The molecule has 2 rings (SSSR count). The van der Waals surface area contributed by atoms with Gasteiger partial charge in [0.2, 0.25) is 0 Å². The van der Waals surface area contributed by atoms with Crippen LogP contribution in [0.2, 0.25) is 4.34 Å². The van der Waals surface area contributed by atoms with Crippen LogP contribution in [0, 0.1) is 0 Å². The van der Waals surface area contributed by atoms with Crippen molar-refractivity contribution < 1.29 is 5.11 Å². The van der Waals surface area contributed by atoms with Gasteiger partial charge in [0.05, 0.1) is 10.5 Å². The van der Waals surface area contributed by atoms with Crippen molar-refractivity contribution in [3.63, 3.8) is 0 Å². The maximum atomic E-state index is 10.0.